The van der Waals surface area contributed by atoms with E-state index in [0.29, 0.717) is 11.3 Å². The summed E-state index contributed by atoms with van der Waals surface area (Å²) in [6.45, 7) is 3.74. The van der Waals surface area contributed by atoms with Crippen LogP contribution in [-0.2, 0) is 20.7 Å². The summed E-state index contributed by atoms with van der Waals surface area (Å²) in [4.78, 5) is 24.6. The Morgan fingerprint density at radius 3 is 2.62 bits per heavy atom. The van der Waals surface area contributed by atoms with Crippen molar-refractivity contribution < 1.29 is 19.1 Å². The van der Waals surface area contributed by atoms with Crippen LogP contribution < -0.4 is 10.1 Å². The molecule has 0 saturated heterocycles. The van der Waals surface area contributed by atoms with E-state index in [2.05, 4.69) is 12.2 Å². The molecule has 26 heavy (non-hydrogen) atoms. The summed E-state index contributed by atoms with van der Waals surface area (Å²) in [6.07, 6.45) is 1.75. The van der Waals surface area contributed by atoms with Crippen molar-refractivity contribution in [2.75, 3.05) is 11.9 Å². The van der Waals surface area contributed by atoms with Crippen molar-refractivity contribution >= 4 is 23.6 Å². The van der Waals surface area contributed by atoms with Gasteiger partial charge in [0.1, 0.15) is 12.4 Å². The van der Waals surface area contributed by atoms with Crippen LogP contribution in [0, 0.1) is 0 Å². The Bertz CT molecular complexity index is 839. The number of ether oxygens (including phenoxy) is 2. The van der Waals surface area contributed by atoms with Gasteiger partial charge in [-0.2, -0.15) is 0 Å². The average Bonchev–Trinajstić information content (AvgIpc) is 2.68. The standard InChI is InChI=1S/C21H21NO4/c1-3-15-8-10-18(11-9-15)22-20(23)14(2)26-21(24)17-12-16-6-4-5-7-19(16)25-13-17/h4-12,14H,3,13H2,1-2H3,(H,22,23). The molecule has 0 radical (unpaired) electrons. The Balaban J connectivity index is 1.60. The van der Waals surface area contributed by atoms with Gasteiger partial charge < -0.3 is 14.8 Å². The highest BCUT2D eigenvalue weighted by atomic mass is 16.6. The van der Waals surface area contributed by atoms with Crippen LogP contribution in [-0.4, -0.2) is 24.6 Å². The zero-order valence-electron chi connectivity index (χ0n) is 14.8. The Labute approximate surface area is 152 Å². The first-order chi connectivity index (χ1) is 12.6. The summed E-state index contributed by atoms with van der Waals surface area (Å²) >= 11 is 0. The Kier molecular flexibility index (Phi) is 5.37. The largest absolute Gasteiger partial charge is 0.488 e. The van der Waals surface area contributed by atoms with Gasteiger partial charge in [-0.15, -0.1) is 0 Å². The molecule has 1 aliphatic rings. The van der Waals surface area contributed by atoms with Gasteiger partial charge in [-0.25, -0.2) is 4.79 Å². The minimum absolute atomic E-state index is 0.128. The van der Waals surface area contributed by atoms with Crippen molar-refractivity contribution in [3.05, 3.63) is 65.2 Å². The first-order valence-electron chi connectivity index (χ1n) is 8.60. The molecule has 2 aromatic rings. The van der Waals surface area contributed by atoms with Crippen LogP contribution in [0.1, 0.15) is 25.0 Å². The van der Waals surface area contributed by atoms with Crippen LogP contribution in [0.25, 0.3) is 6.08 Å². The highest BCUT2D eigenvalue weighted by molar-refractivity contribution is 5.99. The van der Waals surface area contributed by atoms with Crippen molar-refractivity contribution in [3.63, 3.8) is 0 Å². The second-order valence-electron chi connectivity index (χ2n) is 6.08. The number of carbonyl (C=O) groups excluding carboxylic acids is 2. The van der Waals surface area contributed by atoms with E-state index in [1.807, 2.05) is 48.5 Å². The van der Waals surface area contributed by atoms with Crippen molar-refractivity contribution in [1.29, 1.82) is 0 Å². The lowest BCUT2D eigenvalue weighted by atomic mass is 10.1. The second kappa shape index (κ2) is 7.87. The van der Waals surface area contributed by atoms with Crippen LogP contribution >= 0.6 is 0 Å². The number of benzene rings is 2. The molecule has 1 aliphatic heterocycles. The first-order valence-corrected chi connectivity index (χ1v) is 8.60. The van der Waals surface area contributed by atoms with Crippen LogP contribution in [0.5, 0.6) is 5.75 Å². The number of fused-ring (bicyclic) bond motifs is 1. The molecule has 0 bridgehead atoms. The maximum atomic E-state index is 12.3. The van der Waals surface area contributed by atoms with Gasteiger partial charge in [-0.1, -0.05) is 37.3 Å². The van der Waals surface area contributed by atoms with E-state index in [1.54, 1.807) is 13.0 Å². The van der Waals surface area contributed by atoms with Crippen molar-refractivity contribution in [3.8, 4) is 5.75 Å². The number of carbonyl (C=O) groups is 2. The molecular formula is C21H21NO4. The normalized spacial score (nSPS) is 13.7. The highest BCUT2D eigenvalue weighted by Gasteiger charge is 2.23. The van der Waals surface area contributed by atoms with E-state index in [9.17, 15) is 9.59 Å². The predicted octanol–water partition coefficient (Wildman–Crippen LogP) is 3.60. The van der Waals surface area contributed by atoms with Gasteiger partial charge >= 0.3 is 5.97 Å². The molecule has 1 unspecified atom stereocenters. The number of amides is 1. The third-order valence-electron chi connectivity index (χ3n) is 4.18. The van der Waals surface area contributed by atoms with Crippen LogP contribution in [0.3, 0.4) is 0 Å². The molecule has 5 heteroatoms. The quantitative estimate of drug-likeness (QED) is 0.836. The SMILES string of the molecule is CCc1ccc(NC(=O)C(C)OC(=O)C2=Cc3ccccc3OC2)cc1. The van der Waals surface area contributed by atoms with E-state index < -0.39 is 12.1 Å². The zero-order chi connectivity index (χ0) is 18.5. The van der Waals surface area contributed by atoms with Crippen molar-refractivity contribution in [2.45, 2.75) is 26.4 Å². The lowest BCUT2D eigenvalue weighted by Gasteiger charge is -2.19. The number of anilines is 1. The number of esters is 1. The Hall–Kier alpha value is -3.08. The van der Waals surface area contributed by atoms with Crippen molar-refractivity contribution in [1.82, 2.24) is 0 Å². The molecule has 1 heterocycles. The third-order valence-corrected chi connectivity index (χ3v) is 4.18. The molecule has 134 valence electrons. The second-order valence-corrected chi connectivity index (χ2v) is 6.08. The van der Waals surface area contributed by atoms with Crippen LogP contribution in [0.2, 0.25) is 0 Å². The summed E-state index contributed by atoms with van der Waals surface area (Å²) in [7, 11) is 0. The number of rotatable bonds is 5. The lowest BCUT2D eigenvalue weighted by molar-refractivity contribution is -0.149. The zero-order valence-corrected chi connectivity index (χ0v) is 14.8. The molecule has 0 saturated carbocycles. The molecule has 0 aliphatic carbocycles. The maximum absolute atomic E-state index is 12.3. The smallest absolute Gasteiger partial charge is 0.338 e. The molecule has 1 N–H and O–H groups in total. The number of hydrogen-bond donors (Lipinski definition) is 1. The fraction of sp³-hybridized carbons (Fsp3) is 0.238. The minimum atomic E-state index is -0.911. The molecule has 0 fully saturated rings. The molecule has 3 rings (SSSR count). The molecule has 0 aromatic heterocycles. The summed E-state index contributed by atoms with van der Waals surface area (Å²) < 4.78 is 10.8. The van der Waals surface area contributed by atoms with Gasteiger partial charge in [-0.05, 0) is 43.2 Å². The lowest BCUT2D eigenvalue weighted by Crippen LogP contribution is -2.31. The Morgan fingerprint density at radius 1 is 1.15 bits per heavy atom. The first kappa shape index (κ1) is 17.7. The van der Waals surface area contributed by atoms with Crippen LogP contribution in [0.4, 0.5) is 5.69 Å². The molecule has 1 amide bonds. The van der Waals surface area contributed by atoms with E-state index in [1.165, 1.54) is 5.56 Å². The van der Waals surface area contributed by atoms with Gasteiger partial charge in [0.15, 0.2) is 6.10 Å². The summed E-state index contributed by atoms with van der Waals surface area (Å²) in [5.74, 6) is -0.200. The van der Waals surface area contributed by atoms with E-state index in [4.69, 9.17) is 9.47 Å². The summed E-state index contributed by atoms with van der Waals surface area (Å²) in [5, 5.41) is 2.75. The summed E-state index contributed by atoms with van der Waals surface area (Å²) in [6, 6.07) is 15.0. The van der Waals surface area contributed by atoms with Gasteiger partial charge in [0.05, 0.1) is 5.57 Å². The van der Waals surface area contributed by atoms with E-state index >= 15 is 0 Å². The Morgan fingerprint density at radius 2 is 1.88 bits per heavy atom. The number of aryl methyl sites for hydroxylation is 1. The molecule has 0 spiro atoms. The predicted molar refractivity (Wildman–Crippen MR) is 99.9 cm³/mol. The van der Waals surface area contributed by atoms with Gasteiger partial charge in [-0.3, -0.25) is 4.79 Å². The molecule has 5 nitrogen and oxygen atoms in total. The molecule has 2 aromatic carbocycles. The van der Waals surface area contributed by atoms with Gasteiger partial charge in [0, 0.05) is 11.3 Å². The molecule has 1 atom stereocenters. The van der Waals surface area contributed by atoms with E-state index in [-0.39, 0.29) is 12.5 Å². The van der Waals surface area contributed by atoms with E-state index in [0.717, 1.165) is 17.7 Å². The number of nitrogens with one attached hydrogen (secondary N) is 1. The highest BCUT2D eigenvalue weighted by Crippen LogP contribution is 2.26. The fourth-order valence-electron chi connectivity index (χ4n) is 2.59. The monoisotopic (exact) mass is 351 g/mol. The fourth-order valence-corrected chi connectivity index (χ4v) is 2.59. The number of para-hydroxylation sites is 1. The maximum Gasteiger partial charge on any atom is 0.338 e. The third kappa shape index (κ3) is 4.11. The topological polar surface area (TPSA) is 64.6 Å². The summed E-state index contributed by atoms with van der Waals surface area (Å²) in [5.41, 5.74) is 3.06. The van der Waals surface area contributed by atoms with Crippen molar-refractivity contribution in [2.24, 2.45) is 0 Å². The van der Waals surface area contributed by atoms with Crippen LogP contribution in [0.15, 0.2) is 54.1 Å². The van der Waals surface area contributed by atoms with Gasteiger partial charge in [0.2, 0.25) is 0 Å². The average molecular weight is 351 g/mol. The number of hydrogen-bond acceptors (Lipinski definition) is 4. The van der Waals surface area contributed by atoms with Gasteiger partial charge in [0.25, 0.3) is 5.91 Å². The minimum Gasteiger partial charge on any atom is -0.488 e. The molecular weight excluding hydrogens is 330 g/mol.